The number of ether oxygens (including phenoxy) is 3. The number of methoxy groups -OCH3 is 2. The number of fused-ring (bicyclic) bond motifs is 1. The Morgan fingerprint density at radius 2 is 1.86 bits per heavy atom. The molecule has 0 aromatic heterocycles. The van der Waals surface area contributed by atoms with Crippen molar-refractivity contribution in [3.05, 3.63) is 53.6 Å². The molecule has 0 bridgehead atoms. The van der Waals surface area contributed by atoms with Crippen molar-refractivity contribution in [1.29, 1.82) is 0 Å². The van der Waals surface area contributed by atoms with Crippen LogP contribution in [0.25, 0.3) is 0 Å². The molecule has 0 amide bonds. The number of aliphatic hydroxyl groups is 1. The molecule has 2 aromatic carbocycles. The first-order valence-corrected chi connectivity index (χ1v) is 6.87. The Morgan fingerprint density at radius 3 is 2.52 bits per heavy atom. The first-order chi connectivity index (χ1) is 10.2. The van der Waals surface area contributed by atoms with Crippen LogP contribution in [-0.4, -0.2) is 25.4 Å². The monoisotopic (exact) mass is 286 g/mol. The van der Waals surface area contributed by atoms with Crippen LogP contribution in [0, 0.1) is 0 Å². The summed E-state index contributed by atoms with van der Waals surface area (Å²) in [5.41, 5.74) is 1.83. The molecule has 1 aliphatic heterocycles. The van der Waals surface area contributed by atoms with Gasteiger partial charge in [-0.3, -0.25) is 0 Å². The third-order valence-electron chi connectivity index (χ3n) is 3.74. The third kappa shape index (κ3) is 2.54. The fourth-order valence-corrected chi connectivity index (χ4v) is 2.67. The second-order valence-electron chi connectivity index (χ2n) is 5.03. The van der Waals surface area contributed by atoms with Crippen LogP contribution in [0.3, 0.4) is 0 Å². The van der Waals surface area contributed by atoms with E-state index in [0.717, 1.165) is 11.1 Å². The SMILES string of the molecule is COc1cc(OC)c2c(c1)O[C@H](c1ccccc1)[C@H](O)C2. The molecule has 0 saturated heterocycles. The van der Waals surface area contributed by atoms with Crippen LogP contribution in [0.1, 0.15) is 17.2 Å². The fourth-order valence-electron chi connectivity index (χ4n) is 2.67. The van der Waals surface area contributed by atoms with Gasteiger partial charge in [-0.15, -0.1) is 0 Å². The molecule has 21 heavy (non-hydrogen) atoms. The number of hydrogen-bond donors (Lipinski definition) is 1. The predicted octanol–water partition coefficient (Wildman–Crippen LogP) is 2.74. The molecule has 1 aliphatic rings. The van der Waals surface area contributed by atoms with Gasteiger partial charge >= 0.3 is 0 Å². The molecule has 0 radical (unpaired) electrons. The smallest absolute Gasteiger partial charge is 0.150 e. The zero-order chi connectivity index (χ0) is 14.8. The minimum Gasteiger partial charge on any atom is -0.496 e. The van der Waals surface area contributed by atoms with Gasteiger partial charge in [0.15, 0.2) is 0 Å². The van der Waals surface area contributed by atoms with Crippen LogP contribution in [0.15, 0.2) is 42.5 Å². The molecule has 4 heteroatoms. The maximum Gasteiger partial charge on any atom is 0.150 e. The Hall–Kier alpha value is -2.20. The normalized spacial score (nSPS) is 20.3. The molecule has 110 valence electrons. The summed E-state index contributed by atoms with van der Waals surface area (Å²) in [6.45, 7) is 0. The van der Waals surface area contributed by atoms with Crippen LogP contribution in [0.4, 0.5) is 0 Å². The van der Waals surface area contributed by atoms with Crippen molar-refractivity contribution >= 4 is 0 Å². The van der Waals surface area contributed by atoms with Gasteiger partial charge in [-0.25, -0.2) is 0 Å². The van der Waals surface area contributed by atoms with Crippen molar-refractivity contribution in [3.63, 3.8) is 0 Å². The van der Waals surface area contributed by atoms with Gasteiger partial charge in [-0.2, -0.15) is 0 Å². The first-order valence-electron chi connectivity index (χ1n) is 6.87. The fraction of sp³-hybridized carbons (Fsp3) is 0.294. The van der Waals surface area contributed by atoms with E-state index in [2.05, 4.69) is 0 Å². The van der Waals surface area contributed by atoms with Gasteiger partial charge < -0.3 is 19.3 Å². The van der Waals surface area contributed by atoms with Crippen molar-refractivity contribution in [2.75, 3.05) is 14.2 Å². The third-order valence-corrected chi connectivity index (χ3v) is 3.74. The summed E-state index contributed by atoms with van der Waals surface area (Å²) in [7, 11) is 3.21. The highest BCUT2D eigenvalue weighted by molar-refractivity contribution is 5.52. The lowest BCUT2D eigenvalue weighted by Crippen LogP contribution is -2.30. The van der Waals surface area contributed by atoms with Gasteiger partial charge in [0.2, 0.25) is 0 Å². The van der Waals surface area contributed by atoms with E-state index < -0.39 is 6.10 Å². The lowest BCUT2D eigenvalue weighted by atomic mass is 9.94. The van der Waals surface area contributed by atoms with Crippen molar-refractivity contribution in [1.82, 2.24) is 0 Å². The lowest BCUT2D eigenvalue weighted by Gasteiger charge is -2.32. The summed E-state index contributed by atoms with van der Waals surface area (Å²) in [6.07, 6.45) is -0.500. The molecular weight excluding hydrogens is 268 g/mol. The van der Waals surface area contributed by atoms with Crippen molar-refractivity contribution in [2.24, 2.45) is 0 Å². The molecule has 4 nitrogen and oxygen atoms in total. The van der Waals surface area contributed by atoms with E-state index >= 15 is 0 Å². The molecule has 1 heterocycles. The number of benzene rings is 2. The largest absolute Gasteiger partial charge is 0.496 e. The van der Waals surface area contributed by atoms with Crippen molar-refractivity contribution in [2.45, 2.75) is 18.6 Å². The van der Waals surface area contributed by atoms with Crippen molar-refractivity contribution in [3.8, 4) is 17.2 Å². The Labute approximate surface area is 123 Å². The zero-order valence-corrected chi connectivity index (χ0v) is 12.1. The van der Waals surface area contributed by atoms with Crippen LogP contribution >= 0.6 is 0 Å². The van der Waals surface area contributed by atoms with E-state index in [-0.39, 0.29) is 6.10 Å². The zero-order valence-electron chi connectivity index (χ0n) is 12.1. The van der Waals surface area contributed by atoms with Gasteiger partial charge in [0.1, 0.15) is 23.4 Å². The van der Waals surface area contributed by atoms with E-state index in [1.807, 2.05) is 36.4 Å². The molecule has 2 aromatic rings. The molecule has 2 atom stereocenters. The van der Waals surface area contributed by atoms with Gasteiger partial charge in [-0.05, 0) is 5.56 Å². The molecule has 0 fully saturated rings. The Kier molecular flexibility index (Phi) is 3.71. The van der Waals surface area contributed by atoms with E-state index in [1.165, 1.54) is 0 Å². The minimum atomic E-state index is -0.609. The summed E-state index contributed by atoms with van der Waals surface area (Å²) in [6, 6.07) is 13.4. The van der Waals surface area contributed by atoms with Gasteiger partial charge in [0.05, 0.1) is 20.3 Å². The summed E-state index contributed by atoms with van der Waals surface area (Å²) < 4.78 is 16.6. The molecule has 0 spiro atoms. The summed E-state index contributed by atoms with van der Waals surface area (Å²) >= 11 is 0. The van der Waals surface area contributed by atoms with Crippen molar-refractivity contribution < 1.29 is 19.3 Å². The van der Waals surface area contributed by atoms with Gasteiger partial charge in [0, 0.05) is 24.1 Å². The predicted molar refractivity (Wildman–Crippen MR) is 79.1 cm³/mol. The molecule has 1 N–H and O–H groups in total. The Balaban J connectivity index is 2.00. The average Bonchev–Trinajstić information content (AvgIpc) is 2.54. The van der Waals surface area contributed by atoms with E-state index in [4.69, 9.17) is 14.2 Å². The molecule has 0 saturated carbocycles. The second kappa shape index (κ2) is 5.66. The summed E-state index contributed by atoms with van der Waals surface area (Å²) in [4.78, 5) is 0. The highest BCUT2D eigenvalue weighted by Gasteiger charge is 2.32. The highest BCUT2D eigenvalue weighted by atomic mass is 16.5. The quantitative estimate of drug-likeness (QED) is 0.942. The van der Waals surface area contributed by atoms with E-state index in [0.29, 0.717) is 23.7 Å². The van der Waals surface area contributed by atoms with E-state index in [1.54, 1.807) is 20.3 Å². The topological polar surface area (TPSA) is 47.9 Å². The molecule has 0 aliphatic carbocycles. The average molecular weight is 286 g/mol. The lowest BCUT2D eigenvalue weighted by molar-refractivity contribution is 0.0198. The first kappa shape index (κ1) is 13.8. The second-order valence-corrected chi connectivity index (χ2v) is 5.03. The van der Waals surface area contributed by atoms with E-state index in [9.17, 15) is 5.11 Å². The van der Waals surface area contributed by atoms with Crippen LogP contribution in [0.5, 0.6) is 17.2 Å². The maximum atomic E-state index is 10.4. The molecule has 0 unspecified atom stereocenters. The summed E-state index contributed by atoms with van der Waals surface area (Å²) in [5.74, 6) is 2.05. The minimum absolute atomic E-state index is 0.379. The summed E-state index contributed by atoms with van der Waals surface area (Å²) in [5, 5.41) is 10.4. The highest BCUT2D eigenvalue weighted by Crippen LogP contribution is 2.42. The number of hydrogen-bond acceptors (Lipinski definition) is 4. The van der Waals surface area contributed by atoms with Gasteiger partial charge in [-0.1, -0.05) is 30.3 Å². The maximum absolute atomic E-state index is 10.4. The number of aliphatic hydroxyl groups excluding tert-OH is 1. The Morgan fingerprint density at radius 1 is 1.10 bits per heavy atom. The number of rotatable bonds is 3. The standard InChI is InChI=1S/C17H18O4/c1-19-12-8-15(20-2)13-10-14(18)17(21-16(13)9-12)11-6-4-3-5-7-11/h3-9,14,17-18H,10H2,1-2H3/t14-,17-/m1/s1. The van der Waals surface area contributed by atoms with Crippen LogP contribution < -0.4 is 14.2 Å². The van der Waals surface area contributed by atoms with Gasteiger partial charge in [0.25, 0.3) is 0 Å². The molecule has 3 rings (SSSR count). The van der Waals surface area contributed by atoms with Crippen LogP contribution in [0.2, 0.25) is 0 Å². The Bertz CT molecular complexity index is 624. The van der Waals surface area contributed by atoms with Crippen LogP contribution in [-0.2, 0) is 6.42 Å². The molecular formula is C17H18O4.